The van der Waals surface area contributed by atoms with Crippen LogP contribution in [0, 0.1) is 5.82 Å². The number of nitrogens with zero attached hydrogens (tertiary/aromatic N) is 3. The number of carbonyl (C=O) groups is 1. The largest absolute Gasteiger partial charge is 0.328 e. The van der Waals surface area contributed by atoms with Crippen LogP contribution in [0.3, 0.4) is 0 Å². The number of aromatic nitrogens is 3. The number of Topliss-reactive ketones (excluding diaryl/α,β-unsaturated/α-hetero) is 1. The second-order valence-electron chi connectivity index (χ2n) is 6.79. The summed E-state index contributed by atoms with van der Waals surface area (Å²) < 4.78 is 15.2. The van der Waals surface area contributed by atoms with Gasteiger partial charge in [-0.1, -0.05) is 30.0 Å². The molecule has 1 aromatic carbocycles. The Balaban J connectivity index is 1.48. The number of thiophene rings is 1. The number of allylic oxidation sites excluding steroid dienone is 2. The van der Waals surface area contributed by atoms with E-state index in [0.717, 1.165) is 34.6 Å². The first-order valence-corrected chi connectivity index (χ1v) is 11.0. The highest BCUT2D eigenvalue weighted by atomic mass is 32.2. The molecule has 0 amide bonds. The minimum absolute atomic E-state index is 0.183. The molecule has 0 radical (unpaired) electrons. The lowest BCUT2D eigenvalue weighted by Gasteiger charge is -2.31. The lowest BCUT2D eigenvalue weighted by Crippen LogP contribution is -2.31. The number of rotatable bonds is 4. The molecule has 0 bridgehead atoms. The van der Waals surface area contributed by atoms with Crippen LogP contribution in [0.1, 0.15) is 35.7 Å². The average Bonchev–Trinajstić information content (AvgIpc) is 3.34. The first kappa shape index (κ1) is 17.6. The van der Waals surface area contributed by atoms with Crippen LogP contribution in [0.25, 0.3) is 0 Å². The molecule has 3 aromatic rings. The topological polar surface area (TPSA) is 59.8 Å². The van der Waals surface area contributed by atoms with Crippen LogP contribution in [-0.4, -0.2) is 20.5 Å². The smallest absolute Gasteiger partial charge is 0.227 e. The van der Waals surface area contributed by atoms with Gasteiger partial charge in [-0.05, 0) is 42.0 Å². The van der Waals surface area contributed by atoms with Crippen molar-refractivity contribution in [2.75, 3.05) is 5.32 Å². The molecule has 142 valence electrons. The Morgan fingerprint density at radius 3 is 3.04 bits per heavy atom. The van der Waals surface area contributed by atoms with E-state index in [-0.39, 0.29) is 17.6 Å². The molecular formula is C20H17FN4OS2. The number of fused-ring (bicyclic) bond motifs is 1. The highest BCUT2D eigenvalue weighted by Crippen LogP contribution is 2.41. The van der Waals surface area contributed by atoms with Crippen LogP contribution in [-0.2, 0) is 10.5 Å². The summed E-state index contributed by atoms with van der Waals surface area (Å²) in [6.07, 6.45) is 2.28. The zero-order valence-electron chi connectivity index (χ0n) is 14.9. The number of hydrogen-bond acceptors (Lipinski definition) is 6. The zero-order chi connectivity index (χ0) is 19.1. The van der Waals surface area contributed by atoms with Gasteiger partial charge in [0.2, 0.25) is 11.1 Å². The van der Waals surface area contributed by atoms with E-state index in [0.29, 0.717) is 23.3 Å². The lowest BCUT2D eigenvalue weighted by molar-refractivity contribution is -0.116. The summed E-state index contributed by atoms with van der Waals surface area (Å²) in [7, 11) is 0. The fourth-order valence-corrected chi connectivity index (χ4v) is 5.27. The molecule has 2 aromatic heterocycles. The molecule has 0 saturated carbocycles. The monoisotopic (exact) mass is 412 g/mol. The molecule has 5 nitrogen and oxygen atoms in total. The van der Waals surface area contributed by atoms with Gasteiger partial charge in [0.15, 0.2) is 5.78 Å². The summed E-state index contributed by atoms with van der Waals surface area (Å²) in [5, 5.41) is 10.6. The minimum Gasteiger partial charge on any atom is -0.328 e. The van der Waals surface area contributed by atoms with E-state index in [1.54, 1.807) is 17.4 Å². The summed E-state index contributed by atoms with van der Waals surface area (Å²) in [6, 6.07) is 10.4. The predicted octanol–water partition coefficient (Wildman–Crippen LogP) is 4.79. The number of nitrogens with one attached hydrogen (secondary N) is 1. The van der Waals surface area contributed by atoms with Gasteiger partial charge in [0, 0.05) is 28.3 Å². The number of anilines is 1. The van der Waals surface area contributed by atoms with Gasteiger partial charge in [-0.2, -0.15) is 4.98 Å². The fraction of sp³-hybridized carbons (Fsp3) is 0.250. The van der Waals surface area contributed by atoms with Gasteiger partial charge < -0.3 is 5.32 Å². The van der Waals surface area contributed by atoms with Crippen molar-refractivity contribution in [2.24, 2.45) is 0 Å². The van der Waals surface area contributed by atoms with Crippen LogP contribution in [0.5, 0.6) is 0 Å². The Morgan fingerprint density at radius 1 is 1.29 bits per heavy atom. The second-order valence-corrected chi connectivity index (χ2v) is 8.71. The summed E-state index contributed by atoms with van der Waals surface area (Å²) >= 11 is 3.08. The molecule has 0 saturated heterocycles. The van der Waals surface area contributed by atoms with Crippen molar-refractivity contribution in [3.8, 4) is 0 Å². The molecule has 1 N–H and O–H groups in total. The van der Waals surface area contributed by atoms with Gasteiger partial charge in [0.1, 0.15) is 11.9 Å². The third kappa shape index (κ3) is 3.16. The standard InChI is InChI=1S/C20H17FN4OS2/c21-13-5-1-4-12(10-13)11-28-20-23-19-22-14-6-2-7-15(26)17(14)18(25(19)24-20)16-8-3-9-27-16/h1,3-5,8-10,18H,2,6-7,11H2,(H,22,23,24)/t18-/m0/s1. The molecule has 1 atom stereocenters. The van der Waals surface area contributed by atoms with Crippen molar-refractivity contribution in [2.45, 2.75) is 36.2 Å². The van der Waals surface area contributed by atoms with Gasteiger partial charge in [0.05, 0.1) is 0 Å². The quantitative estimate of drug-likeness (QED) is 0.624. The summed E-state index contributed by atoms with van der Waals surface area (Å²) in [5.41, 5.74) is 2.66. The van der Waals surface area contributed by atoms with E-state index in [1.807, 2.05) is 28.3 Å². The minimum atomic E-state index is -0.245. The van der Waals surface area contributed by atoms with Crippen LogP contribution >= 0.6 is 23.1 Å². The molecule has 3 heterocycles. The first-order chi connectivity index (χ1) is 13.7. The van der Waals surface area contributed by atoms with Crippen LogP contribution in [0.15, 0.2) is 58.2 Å². The molecule has 5 rings (SSSR count). The highest BCUT2D eigenvalue weighted by molar-refractivity contribution is 7.98. The Morgan fingerprint density at radius 2 is 2.21 bits per heavy atom. The molecule has 0 spiro atoms. The van der Waals surface area contributed by atoms with E-state index < -0.39 is 0 Å². The van der Waals surface area contributed by atoms with E-state index in [9.17, 15) is 9.18 Å². The van der Waals surface area contributed by atoms with Crippen molar-refractivity contribution in [3.05, 3.63) is 69.3 Å². The maximum Gasteiger partial charge on any atom is 0.227 e. The van der Waals surface area contributed by atoms with Gasteiger partial charge in [-0.15, -0.1) is 16.4 Å². The van der Waals surface area contributed by atoms with Crippen molar-refractivity contribution in [1.82, 2.24) is 14.8 Å². The summed E-state index contributed by atoms with van der Waals surface area (Å²) in [6.45, 7) is 0. The highest BCUT2D eigenvalue weighted by Gasteiger charge is 2.37. The van der Waals surface area contributed by atoms with Crippen LogP contribution in [0.2, 0.25) is 0 Å². The van der Waals surface area contributed by atoms with E-state index in [1.165, 1.54) is 23.9 Å². The number of benzene rings is 1. The number of halogens is 1. The third-order valence-electron chi connectivity index (χ3n) is 4.92. The molecule has 28 heavy (non-hydrogen) atoms. The molecule has 8 heteroatoms. The number of hydrogen-bond donors (Lipinski definition) is 1. The summed E-state index contributed by atoms with van der Waals surface area (Å²) in [5.74, 6) is 1.18. The van der Waals surface area contributed by atoms with Gasteiger partial charge in [-0.25, -0.2) is 9.07 Å². The maximum atomic E-state index is 13.4. The Labute approximate surface area is 169 Å². The molecular weight excluding hydrogens is 395 g/mol. The molecule has 2 aliphatic rings. The molecule has 0 unspecified atom stereocenters. The van der Waals surface area contributed by atoms with E-state index in [4.69, 9.17) is 0 Å². The number of ketones is 1. The first-order valence-electron chi connectivity index (χ1n) is 9.09. The Hall–Kier alpha value is -2.45. The number of carbonyl (C=O) groups excluding carboxylic acids is 1. The Kier molecular flexibility index (Phi) is 4.52. The van der Waals surface area contributed by atoms with Crippen molar-refractivity contribution in [1.29, 1.82) is 0 Å². The SMILES string of the molecule is O=C1CCCC2=C1[C@H](c1cccs1)n1nc(SCc3cccc(F)c3)nc1N2. The maximum absolute atomic E-state index is 13.4. The fourth-order valence-electron chi connectivity index (χ4n) is 3.68. The Bertz CT molecular complexity index is 1070. The molecule has 1 aliphatic carbocycles. The van der Waals surface area contributed by atoms with Crippen LogP contribution in [0.4, 0.5) is 10.3 Å². The molecule has 1 aliphatic heterocycles. The third-order valence-corrected chi connectivity index (χ3v) is 6.75. The van der Waals surface area contributed by atoms with Crippen molar-refractivity contribution >= 4 is 34.8 Å². The van der Waals surface area contributed by atoms with Crippen molar-refractivity contribution in [3.63, 3.8) is 0 Å². The van der Waals surface area contributed by atoms with Gasteiger partial charge >= 0.3 is 0 Å². The normalized spacial score (nSPS) is 18.6. The van der Waals surface area contributed by atoms with Crippen molar-refractivity contribution < 1.29 is 9.18 Å². The average molecular weight is 413 g/mol. The van der Waals surface area contributed by atoms with Gasteiger partial charge in [0.25, 0.3) is 0 Å². The summed E-state index contributed by atoms with van der Waals surface area (Å²) in [4.78, 5) is 18.4. The zero-order valence-corrected chi connectivity index (χ0v) is 16.5. The van der Waals surface area contributed by atoms with Gasteiger partial charge in [-0.3, -0.25) is 4.79 Å². The van der Waals surface area contributed by atoms with E-state index in [2.05, 4.69) is 15.4 Å². The van der Waals surface area contributed by atoms with Crippen LogP contribution < -0.4 is 5.32 Å². The predicted molar refractivity (Wildman–Crippen MR) is 108 cm³/mol. The number of thioether (sulfide) groups is 1. The second kappa shape index (κ2) is 7.18. The van der Waals surface area contributed by atoms with E-state index >= 15 is 0 Å². The lowest BCUT2D eigenvalue weighted by atomic mass is 9.88. The molecule has 0 fully saturated rings.